The molecule has 0 bridgehead atoms. The number of para-hydroxylation sites is 1. The molecule has 2 aromatic rings. The fraction of sp³-hybridized carbons (Fsp3) is 0.417. The zero-order valence-corrected chi connectivity index (χ0v) is 18.1. The molecule has 6 nitrogen and oxygen atoms in total. The van der Waals surface area contributed by atoms with Crippen LogP contribution in [0.3, 0.4) is 0 Å². The van der Waals surface area contributed by atoms with Crippen molar-refractivity contribution in [1.82, 2.24) is 4.90 Å². The molecule has 2 unspecified atom stereocenters. The molecule has 1 fully saturated rings. The summed E-state index contributed by atoms with van der Waals surface area (Å²) in [5, 5.41) is 2.91. The van der Waals surface area contributed by atoms with Crippen molar-refractivity contribution in [2.75, 3.05) is 32.6 Å². The van der Waals surface area contributed by atoms with Crippen LogP contribution in [0.15, 0.2) is 42.5 Å². The number of carbonyl (C=O) groups excluding carboxylic acids is 2. The first kappa shape index (κ1) is 21.7. The molecule has 1 saturated heterocycles. The second-order valence-corrected chi connectivity index (χ2v) is 8.12. The first-order valence-electron chi connectivity index (χ1n) is 10.3. The normalized spacial score (nSPS) is 18.6. The number of benzene rings is 2. The maximum absolute atomic E-state index is 13.1. The van der Waals surface area contributed by atoms with Crippen molar-refractivity contribution in [1.29, 1.82) is 0 Å². The molecule has 160 valence electrons. The molecule has 30 heavy (non-hydrogen) atoms. The summed E-state index contributed by atoms with van der Waals surface area (Å²) in [5.74, 6) is 1.92. The first-order valence-corrected chi connectivity index (χ1v) is 10.3. The Morgan fingerprint density at radius 2 is 1.67 bits per heavy atom. The SMILES string of the molecule is COc1ccc(CC(=O)Nc2ccccc2C(=O)N2CC(C)CC(C)C2)cc1OC. The number of piperidine rings is 1. The van der Waals surface area contributed by atoms with E-state index >= 15 is 0 Å². The lowest BCUT2D eigenvalue weighted by atomic mass is 9.91. The standard InChI is InChI=1S/C24H30N2O4/c1-16-11-17(2)15-26(14-16)24(28)19-7-5-6-8-20(19)25-23(27)13-18-9-10-21(29-3)22(12-18)30-4/h5-10,12,16-17H,11,13-15H2,1-4H3,(H,25,27). The van der Waals surface area contributed by atoms with Gasteiger partial charge >= 0.3 is 0 Å². The molecule has 1 aliphatic heterocycles. The molecule has 6 heteroatoms. The second kappa shape index (κ2) is 9.65. The van der Waals surface area contributed by atoms with E-state index < -0.39 is 0 Å². The fourth-order valence-corrected chi connectivity index (χ4v) is 4.15. The molecule has 2 amide bonds. The van der Waals surface area contributed by atoms with E-state index in [9.17, 15) is 9.59 Å². The van der Waals surface area contributed by atoms with Gasteiger partial charge in [0, 0.05) is 13.1 Å². The number of hydrogen-bond donors (Lipinski definition) is 1. The predicted octanol–water partition coefficient (Wildman–Crippen LogP) is 4.00. The molecule has 0 spiro atoms. The van der Waals surface area contributed by atoms with E-state index in [1.54, 1.807) is 38.5 Å². The summed E-state index contributed by atoms with van der Waals surface area (Å²) in [6.07, 6.45) is 1.30. The zero-order valence-electron chi connectivity index (χ0n) is 18.1. The van der Waals surface area contributed by atoms with Crippen molar-refractivity contribution in [3.8, 4) is 11.5 Å². The molecular weight excluding hydrogens is 380 g/mol. The minimum absolute atomic E-state index is 0.0320. The Hall–Kier alpha value is -3.02. The van der Waals surface area contributed by atoms with Gasteiger partial charge in [0.1, 0.15) is 0 Å². The summed E-state index contributed by atoms with van der Waals surface area (Å²) < 4.78 is 10.5. The monoisotopic (exact) mass is 410 g/mol. The van der Waals surface area contributed by atoms with Gasteiger partial charge in [0.25, 0.3) is 5.91 Å². The smallest absolute Gasteiger partial charge is 0.255 e. The number of likely N-dealkylation sites (tertiary alicyclic amines) is 1. The topological polar surface area (TPSA) is 67.9 Å². The average molecular weight is 411 g/mol. The molecule has 1 heterocycles. The molecule has 0 radical (unpaired) electrons. The van der Waals surface area contributed by atoms with Crippen LogP contribution in [-0.2, 0) is 11.2 Å². The highest BCUT2D eigenvalue weighted by Crippen LogP contribution is 2.28. The van der Waals surface area contributed by atoms with E-state index in [0.29, 0.717) is 34.6 Å². The van der Waals surface area contributed by atoms with Crippen LogP contribution < -0.4 is 14.8 Å². The van der Waals surface area contributed by atoms with Gasteiger partial charge in [-0.3, -0.25) is 9.59 Å². The number of anilines is 1. The molecular formula is C24H30N2O4. The molecule has 0 aromatic heterocycles. The van der Waals surface area contributed by atoms with Gasteiger partial charge in [-0.2, -0.15) is 0 Å². The molecule has 2 atom stereocenters. The third kappa shape index (κ3) is 5.12. The Morgan fingerprint density at radius 3 is 2.33 bits per heavy atom. The lowest BCUT2D eigenvalue weighted by molar-refractivity contribution is -0.115. The van der Waals surface area contributed by atoms with Crippen LogP contribution in [0.1, 0.15) is 36.2 Å². The van der Waals surface area contributed by atoms with E-state index in [1.807, 2.05) is 23.1 Å². The molecule has 0 aliphatic carbocycles. The Morgan fingerprint density at radius 1 is 1.00 bits per heavy atom. The van der Waals surface area contributed by atoms with E-state index in [-0.39, 0.29) is 18.2 Å². The number of rotatable bonds is 6. The van der Waals surface area contributed by atoms with Crippen molar-refractivity contribution < 1.29 is 19.1 Å². The predicted molar refractivity (Wildman–Crippen MR) is 117 cm³/mol. The van der Waals surface area contributed by atoms with Crippen LogP contribution in [0.25, 0.3) is 0 Å². The van der Waals surface area contributed by atoms with Crippen LogP contribution in [0.2, 0.25) is 0 Å². The molecule has 2 aromatic carbocycles. The summed E-state index contributed by atoms with van der Waals surface area (Å²) in [7, 11) is 3.13. The third-order valence-electron chi connectivity index (χ3n) is 5.40. The maximum atomic E-state index is 13.1. The van der Waals surface area contributed by atoms with Gasteiger partial charge in [0.2, 0.25) is 5.91 Å². The lowest BCUT2D eigenvalue weighted by Crippen LogP contribution is -2.42. The largest absolute Gasteiger partial charge is 0.493 e. The van der Waals surface area contributed by atoms with Gasteiger partial charge in [-0.05, 0) is 48.1 Å². The number of nitrogens with one attached hydrogen (secondary N) is 1. The fourth-order valence-electron chi connectivity index (χ4n) is 4.15. The zero-order chi connectivity index (χ0) is 21.7. The van der Waals surface area contributed by atoms with E-state index in [0.717, 1.165) is 25.1 Å². The molecule has 1 aliphatic rings. The Balaban J connectivity index is 1.73. The molecule has 0 saturated carbocycles. The molecule has 3 rings (SSSR count). The van der Waals surface area contributed by atoms with Gasteiger partial charge in [-0.15, -0.1) is 0 Å². The van der Waals surface area contributed by atoms with Crippen LogP contribution in [0, 0.1) is 11.8 Å². The van der Waals surface area contributed by atoms with Crippen LogP contribution >= 0.6 is 0 Å². The highest BCUT2D eigenvalue weighted by molar-refractivity contribution is 6.04. The number of carbonyl (C=O) groups is 2. The van der Waals surface area contributed by atoms with Gasteiger partial charge in [0.05, 0.1) is 31.9 Å². The second-order valence-electron chi connectivity index (χ2n) is 8.12. The summed E-state index contributed by atoms with van der Waals surface area (Å²) in [4.78, 5) is 27.7. The Kier molecular flexibility index (Phi) is 6.98. The van der Waals surface area contributed by atoms with Crippen molar-refractivity contribution >= 4 is 17.5 Å². The summed E-state index contributed by atoms with van der Waals surface area (Å²) in [5.41, 5.74) is 1.87. The summed E-state index contributed by atoms with van der Waals surface area (Å²) in [6.45, 7) is 5.84. The van der Waals surface area contributed by atoms with Crippen LogP contribution in [0.5, 0.6) is 11.5 Å². The maximum Gasteiger partial charge on any atom is 0.255 e. The van der Waals surface area contributed by atoms with E-state index in [2.05, 4.69) is 19.2 Å². The number of ether oxygens (including phenoxy) is 2. The quantitative estimate of drug-likeness (QED) is 0.782. The van der Waals surface area contributed by atoms with Crippen LogP contribution in [-0.4, -0.2) is 44.0 Å². The van der Waals surface area contributed by atoms with Crippen LogP contribution in [0.4, 0.5) is 5.69 Å². The number of amides is 2. The van der Waals surface area contributed by atoms with Gasteiger partial charge < -0.3 is 19.7 Å². The summed E-state index contributed by atoms with van der Waals surface area (Å²) >= 11 is 0. The summed E-state index contributed by atoms with van der Waals surface area (Å²) in [6, 6.07) is 12.6. The number of hydrogen-bond acceptors (Lipinski definition) is 4. The lowest BCUT2D eigenvalue weighted by Gasteiger charge is -2.35. The first-order chi connectivity index (χ1) is 14.4. The van der Waals surface area contributed by atoms with Crippen molar-refractivity contribution in [2.24, 2.45) is 11.8 Å². The molecule has 1 N–H and O–H groups in total. The van der Waals surface area contributed by atoms with Gasteiger partial charge in [0.15, 0.2) is 11.5 Å². The minimum atomic E-state index is -0.192. The third-order valence-corrected chi connectivity index (χ3v) is 5.40. The van der Waals surface area contributed by atoms with Gasteiger partial charge in [-0.25, -0.2) is 0 Å². The Labute approximate surface area is 178 Å². The van der Waals surface area contributed by atoms with Crippen molar-refractivity contribution in [2.45, 2.75) is 26.7 Å². The van der Waals surface area contributed by atoms with Crippen molar-refractivity contribution in [3.63, 3.8) is 0 Å². The number of methoxy groups -OCH3 is 2. The average Bonchev–Trinajstić information content (AvgIpc) is 2.72. The minimum Gasteiger partial charge on any atom is -0.493 e. The van der Waals surface area contributed by atoms with Crippen molar-refractivity contribution in [3.05, 3.63) is 53.6 Å². The van der Waals surface area contributed by atoms with E-state index in [4.69, 9.17) is 9.47 Å². The van der Waals surface area contributed by atoms with E-state index in [1.165, 1.54) is 0 Å². The number of nitrogens with zero attached hydrogens (tertiary/aromatic N) is 1. The highest BCUT2D eigenvalue weighted by atomic mass is 16.5. The Bertz CT molecular complexity index is 902. The highest BCUT2D eigenvalue weighted by Gasteiger charge is 2.27. The van der Waals surface area contributed by atoms with Gasteiger partial charge in [-0.1, -0.05) is 32.0 Å².